The zero-order valence-electron chi connectivity index (χ0n) is 10.7. The van der Waals surface area contributed by atoms with Crippen LogP contribution in [-0.4, -0.2) is 10.0 Å². The molecule has 20 heavy (non-hydrogen) atoms. The van der Waals surface area contributed by atoms with Crippen LogP contribution < -0.4 is 4.74 Å². The van der Waals surface area contributed by atoms with Gasteiger partial charge in [0.25, 0.3) is 0 Å². The number of benzene rings is 2. The van der Waals surface area contributed by atoms with Gasteiger partial charge in [-0.2, -0.15) is 0 Å². The third kappa shape index (κ3) is 3.07. The van der Waals surface area contributed by atoms with Crippen LogP contribution in [0.15, 0.2) is 36.4 Å². The maximum absolute atomic E-state index is 11.0. The summed E-state index contributed by atoms with van der Waals surface area (Å²) in [4.78, 5) is 10.4. The lowest BCUT2D eigenvalue weighted by molar-refractivity contribution is -0.385. The normalized spacial score (nSPS) is 10.3. The van der Waals surface area contributed by atoms with Crippen molar-refractivity contribution in [3.63, 3.8) is 0 Å². The summed E-state index contributed by atoms with van der Waals surface area (Å²) in [6, 6.07) is 9.36. The average molecular weight is 294 g/mol. The molecule has 0 fully saturated rings. The second-order valence-corrected chi connectivity index (χ2v) is 4.67. The van der Waals surface area contributed by atoms with Crippen molar-refractivity contribution in [2.45, 2.75) is 13.5 Å². The van der Waals surface area contributed by atoms with Crippen LogP contribution in [0.2, 0.25) is 5.02 Å². The van der Waals surface area contributed by atoms with Crippen LogP contribution >= 0.6 is 11.6 Å². The number of nitro benzene ring substituents is 1. The summed E-state index contributed by atoms with van der Waals surface area (Å²) in [6.45, 7) is 1.73. The highest BCUT2D eigenvalue weighted by Crippen LogP contribution is 2.34. The number of aliphatic hydroxyl groups excluding tert-OH is 1. The van der Waals surface area contributed by atoms with E-state index in [9.17, 15) is 10.1 Å². The molecule has 0 saturated heterocycles. The molecule has 1 N–H and O–H groups in total. The van der Waals surface area contributed by atoms with Crippen molar-refractivity contribution in [1.29, 1.82) is 0 Å². The third-order valence-corrected chi connectivity index (χ3v) is 2.99. The summed E-state index contributed by atoms with van der Waals surface area (Å²) in [5.74, 6) is 0.617. The second kappa shape index (κ2) is 5.90. The number of hydrogen-bond acceptors (Lipinski definition) is 4. The molecule has 6 heteroatoms. The molecule has 0 amide bonds. The Hall–Kier alpha value is -2.11. The Bertz CT molecular complexity index is 658. The van der Waals surface area contributed by atoms with Crippen molar-refractivity contribution in [3.8, 4) is 11.5 Å². The summed E-state index contributed by atoms with van der Waals surface area (Å²) in [6.07, 6.45) is 0. The number of aryl methyl sites for hydroxylation is 1. The van der Waals surface area contributed by atoms with E-state index < -0.39 is 4.92 Å². The molecule has 0 spiro atoms. The van der Waals surface area contributed by atoms with Crippen molar-refractivity contribution >= 4 is 17.3 Å². The molecule has 0 aliphatic rings. The number of ether oxygens (including phenoxy) is 1. The summed E-state index contributed by atoms with van der Waals surface area (Å²) >= 11 is 5.75. The summed E-state index contributed by atoms with van der Waals surface area (Å²) in [5.41, 5.74) is 1.34. The van der Waals surface area contributed by atoms with Gasteiger partial charge in [-0.3, -0.25) is 10.1 Å². The van der Waals surface area contributed by atoms with Gasteiger partial charge in [-0.05, 0) is 36.2 Å². The zero-order valence-corrected chi connectivity index (χ0v) is 11.4. The molecule has 0 aromatic heterocycles. The fraction of sp³-hybridized carbons (Fsp3) is 0.143. The van der Waals surface area contributed by atoms with E-state index in [2.05, 4.69) is 0 Å². The molecule has 0 atom stereocenters. The maximum atomic E-state index is 11.0. The summed E-state index contributed by atoms with van der Waals surface area (Å²) < 4.78 is 5.57. The van der Waals surface area contributed by atoms with Gasteiger partial charge in [-0.15, -0.1) is 0 Å². The maximum Gasteiger partial charge on any atom is 0.313 e. The molecule has 2 rings (SSSR count). The number of nitrogens with zero attached hydrogens (tertiary/aromatic N) is 1. The van der Waals surface area contributed by atoms with E-state index >= 15 is 0 Å². The Labute approximate surface area is 120 Å². The van der Waals surface area contributed by atoms with Gasteiger partial charge in [0, 0.05) is 11.1 Å². The lowest BCUT2D eigenvalue weighted by Crippen LogP contribution is -1.95. The fourth-order valence-corrected chi connectivity index (χ4v) is 1.93. The monoisotopic (exact) mass is 293 g/mol. The molecule has 0 unspecified atom stereocenters. The molecule has 0 heterocycles. The number of hydrogen-bond donors (Lipinski definition) is 1. The highest BCUT2D eigenvalue weighted by atomic mass is 35.5. The first kappa shape index (κ1) is 14.3. The van der Waals surface area contributed by atoms with Crippen molar-refractivity contribution in [3.05, 3.63) is 62.7 Å². The minimum atomic E-state index is -0.543. The Balaban J connectivity index is 2.37. The standard InChI is InChI=1S/C14H12ClNO4/c1-9-6-10(8-17)2-4-13(9)20-14-5-3-11(15)7-12(14)16(18)19/h2-7,17H,8H2,1H3. The van der Waals surface area contributed by atoms with Crippen molar-refractivity contribution in [2.24, 2.45) is 0 Å². The van der Waals surface area contributed by atoms with Gasteiger partial charge in [-0.25, -0.2) is 0 Å². The van der Waals surface area contributed by atoms with Gasteiger partial charge < -0.3 is 9.84 Å². The highest BCUT2D eigenvalue weighted by Gasteiger charge is 2.17. The minimum Gasteiger partial charge on any atom is -0.450 e. The van der Waals surface area contributed by atoms with Gasteiger partial charge in [0.2, 0.25) is 5.75 Å². The van der Waals surface area contributed by atoms with Gasteiger partial charge in [0.1, 0.15) is 5.75 Å². The first-order chi connectivity index (χ1) is 9.51. The van der Waals surface area contributed by atoms with E-state index in [0.717, 1.165) is 11.1 Å². The van der Waals surface area contributed by atoms with Crippen molar-refractivity contribution in [2.75, 3.05) is 0 Å². The van der Waals surface area contributed by atoms with Gasteiger partial charge in [0.05, 0.1) is 11.5 Å². The molecule has 0 saturated carbocycles. The van der Waals surface area contributed by atoms with Gasteiger partial charge in [-0.1, -0.05) is 23.7 Å². The van der Waals surface area contributed by atoms with Crippen LogP contribution in [0.1, 0.15) is 11.1 Å². The molecular weight excluding hydrogens is 282 g/mol. The van der Waals surface area contributed by atoms with E-state index in [0.29, 0.717) is 5.75 Å². The largest absolute Gasteiger partial charge is 0.450 e. The topological polar surface area (TPSA) is 72.6 Å². The predicted molar refractivity (Wildman–Crippen MR) is 75.3 cm³/mol. The van der Waals surface area contributed by atoms with Crippen LogP contribution in [-0.2, 0) is 6.61 Å². The van der Waals surface area contributed by atoms with Crippen molar-refractivity contribution in [1.82, 2.24) is 0 Å². The van der Waals surface area contributed by atoms with Crippen LogP contribution in [0.25, 0.3) is 0 Å². The molecule has 0 aliphatic carbocycles. The van der Waals surface area contributed by atoms with Crippen LogP contribution in [0, 0.1) is 17.0 Å². The Kier molecular flexibility index (Phi) is 4.22. The SMILES string of the molecule is Cc1cc(CO)ccc1Oc1ccc(Cl)cc1[N+](=O)[O-]. The molecule has 2 aromatic carbocycles. The number of nitro groups is 1. The molecule has 2 aromatic rings. The third-order valence-electron chi connectivity index (χ3n) is 2.76. The van der Waals surface area contributed by atoms with E-state index in [1.165, 1.54) is 18.2 Å². The molecule has 0 radical (unpaired) electrons. The zero-order chi connectivity index (χ0) is 14.7. The van der Waals surface area contributed by atoms with Crippen LogP contribution in [0.3, 0.4) is 0 Å². The summed E-state index contributed by atoms with van der Waals surface area (Å²) in [7, 11) is 0. The lowest BCUT2D eigenvalue weighted by atomic mass is 10.1. The van der Waals surface area contributed by atoms with E-state index in [1.807, 2.05) is 0 Å². The van der Waals surface area contributed by atoms with E-state index in [1.54, 1.807) is 25.1 Å². The smallest absolute Gasteiger partial charge is 0.313 e. The Morgan fingerprint density at radius 2 is 1.95 bits per heavy atom. The Morgan fingerprint density at radius 1 is 1.25 bits per heavy atom. The second-order valence-electron chi connectivity index (χ2n) is 4.23. The number of halogens is 1. The first-order valence-corrected chi connectivity index (χ1v) is 6.21. The molecule has 0 aliphatic heterocycles. The molecule has 0 bridgehead atoms. The molecule has 104 valence electrons. The average Bonchev–Trinajstić information content (AvgIpc) is 2.42. The molecular formula is C14H12ClNO4. The van der Waals surface area contributed by atoms with Crippen molar-refractivity contribution < 1.29 is 14.8 Å². The first-order valence-electron chi connectivity index (χ1n) is 5.83. The molecule has 5 nitrogen and oxygen atoms in total. The van der Waals surface area contributed by atoms with Gasteiger partial charge in [0.15, 0.2) is 0 Å². The van der Waals surface area contributed by atoms with E-state index in [4.69, 9.17) is 21.4 Å². The van der Waals surface area contributed by atoms with E-state index in [-0.39, 0.29) is 23.1 Å². The minimum absolute atomic E-state index is 0.0672. The quantitative estimate of drug-likeness (QED) is 0.686. The lowest BCUT2D eigenvalue weighted by Gasteiger charge is -2.10. The Morgan fingerprint density at radius 3 is 2.55 bits per heavy atom. The fourth-order valence-electron chi connectivity index (χ4n) is 1.76. The van der Waals surface area contributed by atoms with Crippen LogP contribution in [0.5, 0.6) is 11.5 Å². The predicted octanol–water partition coefficient (Wildman–Crippen LogP) is 3.84. The summed E-state index contributed by atoms with van der Waals surface area (Å²) in [5, 5.41) is 20.3. The van der Waals surface area contributed by atoms with Crippen LogP contribution in [0.4, 0.5) is 5.69 Å². The number of rotatable bonds is 4. The number of aliphatic hydroxyl groups is 1. The highest BCUT2D eigenvalue weighted by molar-refractivity contribution is 6.30. The van der Waals surface area contributed by atoms with Gasteiger partial charge >= 0.3 is 5.69 Å².